The fourth-order valence-electron chi connectivity index (χ4n) is 3.54. The number of aromatic nitrogens is 4. The molecular weight excluding hydrogens is 394 g/mol. The Morgan fingerprint density at radius 1 is 1.10 bits per heavy atom. The summed E-state index contributed by atoms with van der Waals surface area (Å²) in [5, 5.41) is 3.45. The third-order valence-corrected chi connectivity index (χ3v) is 5.03. The van der Waals surface area contributed by atoms with Gasteiger partial charge in [-0.1, -0.05) is 24.3 Å². The Morgan fingerprint density at radius 2 is 1.87 bits per heavy atom. The van der Waals surface area contributed by atoms with Gasteiger partial charge in [-0.25, -0.2) is 9.97 Å². The molecule has 4 aromatic rings. The summed E-state index contributed by atoms with van der Waals surface area (Å²) < 4.78 is 7.44. The molecule has 0 aliphatic rings. The lowest BCUT2D eigenvalue weighted by molar-refractivity contribution is -0.116. The second-order valence-corrected chi connectivity index (χ2v) is 7.20. The van der Waals surface area contributed by atoms with E-state index in [-0.39, 0.29) is 17.9 Å². The van der Waals surface area contributed by atoms with E-state index in [1.54, 1.807) is 18.2 Å². The summed E-state index contributed by atoms with van der Waals surface area (Å²) in [6, 6.07) is 14.9. The molecule has 31 heavy (non-hydrogen) atoms. The first-order chi connectivity index (χ1) is 15.2. The van der Waals surface area contributed by atoms with Crippen LogP contribution in [0.15, 0.2) is 53.3 Å². The van der Waals surface area contributed by atoms with Crippen LogP contribution < -0.4 is 10.9 Å². The smallest absolute Gasteiger partial charge is 0.258 e. The van der Waals surface area contributed by atoms with Crippen LogP contribution in [0.2, 0.25) is 0 Å². The van der Waals surface area contributed by atoms with Gasteiger partial charge in [-0.15, -0.1) is 0 Å². The van der Waals surface area contributed by atoms with E-state index in [2.05, 4.69) is 20.3 Å². The lowest BCUT2D eigenvalue weighted by atomic mass is 10.2. The molecule has 160 valence electrons. The summed E-state index contributed by atoms with van der Waals surface area (Å²) in [6.07, 6.45) is 1.33. The van der Waals surface area contributed by atoms with Gasteiger partial charge in [0.15, 0.2) is 0 Å². The van der Waals surface area contributed by atoms with Crippen molar-refractivity contribution in [2.24, 2.45) is 0 Å². The summed E-state index contributed by atoms with van der Waals surface area (Å²) in [6.45, 7) is 3.99. The molecule has 0 fully saturated rings. The van der Waals surface area contributed by atoms with Crippen LogP contribution in [0.1, 0.15) is 25.6 Å². The molecule has 0 saturated carbocycles. The van der Waals surface area contributed by atoms with Gasteiger partial charge in [0.2, 0.25) is 11.9 Å². The number of rotatable bonds is 9. The highest BCUT2D eigenvalue weighted by Gasteiger charge is 2.14. The van der Waals surface area contributed by atoms with E-state index in [0.717, 1.165) is 17.5 Å². The zero-order chi connectivity index (χ0) is 21.6. The van der Waals surface area contributed by atoms with Crippen molar-refractivity contribution in [2.45, 2.75) is 32.7 Å². The normalized spacial score (nSPS) is 11.3. The minimum Gasteiger partial charge on any atom is -0.382 e. The van der Waals surface area contributed by atoms with Crippen molar-refractivity contribution in [3.8, 4) is 0 Å². The van der Waals surface area contributed by atoms with Crippen LogP contribution in [0.3, 0.4) is 0 Å². The van der Waals surface area contributed by atoms with E-state index in [9.17, 15) is 9.59 Å². The highest BCUT2D eigenvalue weighted by Crippen LogP contribution is 2.20. The van der Waals surface area contributed by atoms with Gasteiger partial charge in [0.1, 0.15) is 5.82 Å². The number of aromatic amines is 1. The van der Waals surface area contributed by atoms with Crippen molar-refractivity contribution in [1.82, 2.24) is 19.5 Å². The largest absolute Gasteiger partial charge is 0.382 e. The van der Waals surface area contributed by atoms with Gasteiger partial charge >= 0.3 is 0 Å². The van der Waals surface area contributed by atoms with Gasteiger partial charge in [-0.2, -0.15) is 0 Å². The van der Waals surface area contributed by atoms with Gasteiger partial charge < -0.3 is 14.3 Å². The molecule has 0 saturated heterocycles. The topological polar surface area (TPSA) is 102 Å². The molecule has 0 bridgehead atoms. The second kappa shape index (κ2) is 9.53. The van der Waals surface area contributed by atoms with Crippen LogP contribution in [0, 0.1) is 0 Å². The molecule has 2 aromatic heterocycles. The molecule has 0 unspecified atom stereocenters. The van der Waals surface area contributed by atoms with Crippen LogP contribution in [0.4, 0.5) is 5.95 Å². The Labute approximate surface area is 179 Å². The molecule has 1 amide bonds. The quantitative estimate of drug-likeness (QED) is 0.406. The number of carbonyl (C=O) groups is 1. The van der Waals surface area contributed by atoms with E-state index in [0.29, 0.717) is 48.9 Å². The summed E-state index contributed by atoms with van der Waals surface area (Å²) in [4.78, 5) is 36.6. The predicted molar refractivity (Wildman–Crippen MR) is 120 cm³/mol. The van der Waals surface area contributed by atoms with Crippen molar-refractivity contribution < 1.29 is 9.53 Å². The van der Waals surface area contributed by atoms with E-state index in [4.69, 9.17) is 4.74 Å². The number of H-pyrrole nitrogens is 1. The highest BCUT2D eigenvalue weighted by molar-refractivity contribution is 5.91. The number of amides is 1. The fourth-order valence-corrected chi connectivity index (χ4v) is 3.54. The van der Waals surface area contributed by atoms with Gasteiger partial charge in [0.05, 0.1) is 21.9 Å². The Morgan fingerprint density at radius 3 is 2.71 bits per heavy atom. The van der Waals surface area contributed by atoms with Crippen molar-refractivity contribution in [3.63, 3.8) is 0 Å². The van der Waals surface area contributed by atoms with Gasteiger partial charge in [0.25, 0.3) is 5.56 Å². The molecule has 2 aromatic carbocycles. The van der Waals surface area contributed by atoms with Gasteiger partial charge in [-0.3, -0.25) is 14.9 Å². The summed E-state index contributed by atoms with van der Waals surface area (Å²) >= 11 is 0. The number of benzene rings is 2. The zero-order valence-corrected chi connectivity index (χ0v) is 17.4. The molecule has 0 radical (unpaired) electrons. The summed E-state index contributed by atoms with van der Waals surface area (Å²) in [5.41, 5.74) is 2.22. The van der Waals surface area contributed by atoms with Crippen molar-refractivity contribution in [2.75, 3.05) is 18.5 Å². The van der Waals surface area contributed by atoms with Crippen molar-refractivity contribution >= 4 is 33.8 Å². The van der Waals surface area contributed by atoms with Crippen LogP contribution in [0.5, 0.6) is 0 Å². The lowest BCUT2D eigenvalue weighted by Crippen LogP contribution is -2.18. The Balaban J connectivity index is 1.46. The first-order valence-corrected chi connectivity index (χ1v) is 10.5. The Kier molecular flexibility index (Phi) is 6.37. The summed E-state index contributed by atoms with van der Waals surface area (Å²) in [5.74, 6) is 0.823. The molecule has 0 aliphatic heterocycles. The predicted octanol–water partition coefficient (Wildman–Crippen LogP) is 3.27. The van der Waals surface area contributed by atoms with Gasteiger partial charge in [0, 0.05) is 32.6 Å². The third-order valence-electron chi connectivity index (χ3n) is 5.03. The highest BCUT2D eigenvalue weighted by atomic mass is 16.5. The minimum absolute atomic E-state index is 0.183. The lowest BCUT2D eigenvalue weighted by Gasteiger charge is -2.10. The number of para-hydroxylation sites is 3. The standard InChI is InChI=1S/C23H25N5O3/c1-2-31-15-7-14-28-19-11-6-5-10-18(19)25-23(28)27-21(29)13-12-20-24-17-9-4-3-8-16(17)22(30)26-20/h3-6,8-11H,2,7,12-15H2,1H3,(H,24,26,30)(H,25,27,29). The molecular formula is C23H25N5O3. The zero-order valence-electron chi connectivity index (χ0n) is 17.4. The van der Waals surface area contributed by atoms with E-state index in [1.807, 2.05) is 41.8 Å². The number of hydrogen-bond acceptors (Lipinski definition) is 5. The number of ether oxygens (including phenoxy) is 1. The number of aryl methyl sites for hydroxylation is 2. The van der Waals surface area contributed by atoms with E-state index in [1.165, 1.54) is 0 Å². The first kappa shape index (κ1) is 20.7. The number of carbonyl (C=O) groups excluding carboxylic acids is 1. The number of nitrogens with one attached hydrogen (secondary N) is 2. The third kappa shape index (κ3) is 4.80. The maximum Gasteiger partial charge on any atom is 0.258 e. The molecule has 8 nitrogen and oxygen atoms in total. The monoisotopic (exact) mass is 419 g/mol. The van der Waals surface area contributed by atoms with Crippen LogP contribution in [-0.2, 0) is 22.5 Å². The minimum atomic E-state index is -0.197. The molecule has 2 N–H and O–H groups in total. The molecule has 8 heteroatoms. The average molecular weight is 419 g/mol. The SMILES string of the molecule is CCOCCCn1c(NC(=O)CCc2nc3ccccc3c(=O)[nH]2)nc2ccccc21. The number of imidazole rings is 1. The molecule has 4 rings (SSSR count). The number of fused-ring (bicyclic) bond motifs is 2. The second-order valence-electron chi connectivity index (χ2n) is 7.20. The average Bonchev–Trinajstić information content (AvgIpc) is 3.12. The van der Waals surface area contributed by atoms with Crippen molar-refractivity contribution in [3.05, 3.63) is 64.7 Å². The van der Waals surface area contributed by atoms with E-state index < -0.39 is 0 Å². The molecule has 0 spiro atoms. The van der Waals surface area contributed by atoms with Crippen molar-refractivity contribution in [1.29, 1.82) is 0 Å². The molecule has 0 aliphatic carbocycles. The first-order valence-electron chi connectivity index (χ1n) is 10.5. The van der Waals surface area contributed by atoms with Crippen LogP contribution in [0.25, 0.3) is 21.9 Å². The maximum absolute atomic E-state index is 12.6. The van der Waals surface area contributed by atoms with Crippen LogP contribution >= 0.6 is 0 Å². The molecule has 2 heterocycles. The Bertz CT molecular complexity index is 1260. The summed E-state index contributed by atoms with van der Waals surface area (Å²) in [7, 11) is 0. The number of nitrogens with zero attached hydrogens (tertiary/aromatic N) is 3. The number of anilines is 1. The van der Waals surface area contributed by atoms with Gasteiger partial charge in [-0.05, 0) is 37.6 Å². The Hall–Kier alpha value is -3.52. The maximum atomic E-state index is 12.6. The number of hydrogen-bond donors (Lipinski definition) is 2. The fraction of sp³-hybridized carbons (Fsp3) is 0.304. The van der Waals surface area contributed by atoms with Crippen LogP contribution in [-0.4, -0.2) is 38.6 Å². The molecule has 0 atom stereocenters. The van der Waals surface area contributed by atoms with E-state index >= 15 is 0 Å².